The lowest BCUT2D eigenvalue weighted by molar-refractivity contribution is 0.286. The zero-order valence-electron chi connectivity index (χ0n) is 14.7. The van der Waals surface area contributed by atoms with Crippen molar-refractivity contribution in [3.8, 4) is 6.01 Å². The van der Waals surface area contributed by atoms with E-state index < -0.39 is 0 Å². The summed E-state index contributed by atoms with van der Waals surface area (Å²) in [5, 5.41) is 3.27. The summed E-state index contributed by atoms with van der Waals surface area (Å²) in [6, 6.07) is 10.5. The van der Waals surface area contributed by atoms with Crippen molar-refractivity contribution in [1.82, 2.24) is 19.5 Å². The van der Waals surface area contributed by atoms with Gasteiger partial charge in [-0.25, -0.2) is 4.98 Å². The van der Waals surface area contributed by atoms with E-state index in [4.69, 9.17) is 10.5 Å². The highest BCUT2D eigenvalue weighted by Gasteiger charge is 2.17. The highest BCUT2D eigenvalue weighted by molar-refractivity contribution is 5.84. The first-order valence-corrected chi connectivity index (χ1v) is 8.67. The molecule has 0 aliphatic carbocycles. The van der Waals surface area contributed by atoms with Gasteiger partial charge in [-0.1, -0.05) is 43.7 Å². The fourth-order valence-electron chi connectivity index (χ4n) is 2.58. The molecule has 0 fully saturated rings. The number of nitrogens with zero attached hydrogens (tertiary/aromatic N) is 4. The van der Waals surface area contributed by atoms with Crippen molar-refractivity contribution in [2.24, 2.45) is 0 Å². The van der Waals surface area contributed by atoms with Gasteiger partial charge < -0.3 is 15.8 Å². The molecule has 0 saturated heterocycles. The van der Waals surface area contributed by atoms with Crippen LogP contribution in [0.15, 0.2) is 30.3 Å². The minimum absolute atomic E-state index is 0.302. The number of imidazole rings is 1. The Labute approximate surface area is 147 Å². The Balaban J connectivity index is 2.02. The molecule has 0 spiro atoms. The van der Waals surface area contributed by atoms with Crippen molar-refractivity contribution in [3.05, 3.63) is 35.9 Å². The maximum Gasteiger partial charge on any atom is 0.320 e. The molecule has 7 heteroatoms. The molecule has 0 bridgehead atoms. The predicted octanol–water partition coefficient (Wildman–Crippen LogP) is 3.07. The summed E-state index contributed by atoms with van der Waals surface area (Å²) in [6.45, 7) is 6.12. The normalized spacial score (nSPS) is 11.0. The maximum absolute atomic E-state index is 6.10. The lowest BCUT2D eigenvalue weighted by atomic mass is 10.2. The fourth-order valence-corrected chi connectivity index (χ4v) is 2.58. The Kier molecular flexibility index (Phi) is 5.33. The number of aromatic nitrogens is 4. The van der Waals surface area contributed by atoms with Crippen LogP contribution < -0.4 is 15.8 Å². The van der Waals surface area contributed by atoms with E-state index in [-0.39, 0.29) is 0 Å². The number of fused-ring (bicyclic) bond motifs is 1. The lowest BCUT2D eigenvalue weighted by Gasteiger charge is -2.10. The van der Waals surface area contributed by atoms with Gasteiger partial charge in [-0.3, -0.25) is 4.57 Å². The third-order valence-corrected chi connectivity index (χ3v) is 3.85. The SMILES string of the molecule is CCCCOc1nc(N)c2nc(NCC)n(Cc3ccccc3)c2n1. The molecular formula is C18H24N6O. The Hall–Kier alpha value is -2.83. The van der Waals surface area contributed by atoms with Gasteiger partial charge in [-0.15, -0.1) is 0 Å². The van der Waals surface area contributed by atoms with Crippen LogP contribution in [0.1, 0.15) is 32.3 Å². The molecule has 2 aromatic heterocycles. The van der Waals surface area contributed by atoms with Gasteiger partial charge >= 0.3 is 6.01 Å². The molecule has 0 atom stereocenters. The molecule has 0 aliphatic heterocycles. The van der Waals surface area contributed by atoms with Gasteiger partial charge in [-0.2, -0.15) is 9.97 Å². The number of benzene rings is 1. The summed E-state index contributed by atoms with van der Waals surface area (Å²) < 4.78 is 7.66. The van der Waals surface area contributed by atoms with E-state index in [0.717, 1.165) is 30.9 Å². The van der Waals surface area contributed by atoms with Crippen LogP contribution in [0.5, 0.6) is 6.01 Å². The number of nitrogens with two attached hydrogens (primary N) is 1. The predicted molar refractivity (Wildman–Crippen MR) is 99.8 cm³/mol. The minimum atomic E-state index is 0.302. The summed E-state index contributed by atoms with van der Waals surface area (Å²) in [6.07, 6.45) is 2.00. The summed E-state index contributed by atoms with van der Waals surface area (Å²) in [7, 11) is 0. The average Bonchev–Trinajstić information content (AvgIpc) is 2.95. The number of hydrogen-bond acceptors (Lipinski definition) is 6. The van der Waals surface area contributed by atoms with E-state index in [2.05, 4.69) is 39.3 Å². The van der Waals surface area contributed by atoms with E-state index in [1.54, 1.807) is 0 Å². The van der Waals surface area contributed by atoms with E-state index in [1.807, 2.05) is 29.7 Å². The van der Waals surface area contributed by atoms with Crippen LogP contribution in [-0.2, 0) is 6.54 Å². The van der Waals surface area contributed by atoms with Crippen molar-refractivity contribution >= 4 is 22.9 Å². The first-order valence-electron chi connectivity index (χ1n) is 8.67. The van der Waals surface area contributed by atoms with Gasteiger partial charge in [0.05, 0.1) is 13.2 Å². The second-order valence-electron chi connectivity index (χ2n) is 5.80. The topological polar surface area (TPSA) is 90.9 Å². The number of ether oxygens (including phenoxy) is 1. The molecular weight excluding hydrogens is 316 g/mol. The second kappa shape index (κ2) is 7.83. The summed E-state index contributed by atoms with van der Waals surface area (Å²) in [5.41, 5.74) is 8.53. The first kappa shape index (κ1) is 17.0. The number of nitrogen functional groups attached to an aromatic ring is 1. The van der Waals surface area contributed by atoms with Gasteiger partial charge in [0.25, 0.3) is 0 Å². The third kappa shape index (κ3) is 3.81. The summed E-state index contributed by atoms with van der Waals surface area (Å²) >= 11 is 0. The van der Waals surface area contributed by atoms with Crippen LogP contribution >= 0.6 is 0 Å². The molecule has 7 nitrogen and oxygen atoms in total. The van der Waals surface area contributed by atoms with Crippen molar-refractivity contribution in [2.45, 2.75) is 33.2 Å². The second-order valence-corrected chi connectivity index (χ2v) is 5.80. The van der Waals surface area contributed by atoms with Crippen LogP contribution in [0.4, 0.5) is 11.8 Å². The van der Waals surface area contributed by atoms with Gasteiger partial charge in [0, 0.05) is 6.54 Å². The largest absolute Gasteiger partial charge is 0.463 e. The van der Waals surface area contributed by atoms with E-state index in [9.17, 15) is 0 Å². The number of unbranched alkanes of at least 4 members (excludes halogenated alkanes) is 1. The zero-order valence-corrected chi connectivity index (χ0v) is 14.7. The number of nitrogens with one attached hydrogen (secondary N) is 1. The number of hydrogen-bond donors (Lipinski definition) is 2. The molecule has 0 unspecified atom stereocenters. The summed E-state index contributed by atoms with van der Waals surface area (Å²) in [4.78, 5) is 13.4. The van der Waals surface area contributed by atoms with Crippen molar-refractivity contribution in [1.29, 1.82) is 0 Å². The molecule has 0 aliphatic rings. The Morgan fingerprint density at radius 3 is 2.64 bits per heavy atom. The maximum atomic E-state index is 6.10. The third-order valence-electron chi connectivity index (χ3n) is 3.85. The molecule has 3 rings (SSSR count). The monoisotopic (exact) mass is 340 g/mol. The van der Waals surface area contributed by atoms with Crippen molar-refractivity contribution in [3.63, 3.8) is 0 Å². The quantitative estimate of drug-likeness (QED) is 0.612. The summed E-state index contributed by atoms with van der Waals surface area (Å²) in [5.74, 6) is 1.07. The van der Waals surface area contributed by atoms with Crippen LogP contribution in [-0.4, -0.2) is 32.7 Å². The fraction of sp³-hybridized carbons (Fsp3) is 0.389. The van der Waals surface area contributed by atoms with Crippen LogP contribution in [0.2, 0.25) is 0 Å². The smallest absolute Gasteiger partial charge is 0.320 e. The zero-order chi connectivity index (χ0) is 17.6. The van der Waals surface area contributed by atoms with Gasteiger partial charge in [0.2, 0.25) is 5.95 Å². The lowest BCUT2D eigenvalue weighted by Crippen LogP contribution is -2.09. The van der Waals surface area contributed by atoms with Crippen molar-refractivity contribution < 1.29 is 4.74 Å². The number of anilines is 2. The van der Waals surface area contributed by atoms with E-state index in [0.29, 0.717) is 36.1 Å². The molecule has 0 saturated carbocycles. The van der Waals surface area contributed by atoms with Gasteiger partial charge in [0.1, 0.15) is 0 Å². The highest BCUT2D eigenvalue weighted by atomic mass is 16.5. The molecule has 3 N–H and O–H groups in total. The first-order chi connectivity index (χ1) is 12.2. The van der Waals surface area contributed by atoms with Crippen LogP contribution in [0, 0.1) is 0 Å². The Morgan fingerprint density at radius 2 is 1.92 bits per heavy atom. The molecule has 25 heavy (non-hydrogen) atoms. The molecule has 132 valence electrons. The van der Waals surface area contributed by atoms with Crippen LogP contribution in [0.3, 0.4) is 0 Å². The molecule has 1 aromatic carbocycles. The Morgan fingerprint density at radius 1 is 1.12 bits per heavy atom. The minimum Gasteiger partial charge on any atom is -0.463 e. The van der Waals surface area contributed by atoms with Gasteiger partial charge in [0.15, 0.2) is 17.0 Å². The highest BCUT2D eigenvalue weighted by Crippen LogP contribution is 2.25. The number of rotatable bonds is 8. The van der Waals surface area contributed by atoms with Crippen molar-refractivity contribution in [2.75, 3.05) is 24.2 Å². The van der Waals surface area contributed by atoms with Crippen LogP contribution in [0.25, 0.3) is 11.2 Å². The molecule has 0 radical (unpaired) electrons. The Bertz CT molecular complexity index is 830. The van der Waals surface area contributed by atoms with E-state index >= 15 is 0 Å². The molecule has 0 amide bonds. The van der Waals surface area contributed by atoms with Gasteiger partial charge in [-0.05, 0) is 18.9 Å². The standard InChI is InChI=1S/C18H24N6O/c1-3-5-11-25-18-22-15(19)14-16(23-18)24(17(21-14)20-4-2)12-13-9-7-6-8-10-13/h6-10H,3-5,11-12H2,1-2H3,(H,20,21)(H2,19,22,23). The average molecular weight is 340 g/mol. The molecule has 3 aromatic rings. The molecule has 2 heterocycles. The van der Waals surface area contributed by atoms with E-state index in [1.165, 1.54) is 0 Å².